The van der Waals surface area contributed by atoms with Crippen LogP contribution < -0.4 is 0 Å². The summed E-state index contributed by atoms with van der Waals surface area (Å²) in [7, 11) is 0. The molecule has 9 heteroatoms. The van der Waals surface area contributed by atoms with Gasteiger partial charge in [0.2, 0.25) is 11.9 Å². The lowest BCUT2D eigenvalue weighted by Crippen LogP contribution is -2.66. The van der Waals surface area contributed by atoms with Crippen LogP contribution in [0.5, 0.6) is 0 Å². The van der Waals surface area contributed by atoms with E-state index in [1.165, 1.54) is 6.92 Å². The molecule has 2 spiro atoms. The number of ether oxygens (including phenoxy) is 4. The van der Waals surface area contributed by atoms with Gasteiger partial charge in [-0.15, -0.1) is 0 Å². The quantitative estimate of drug-likeness (QED) is 0.447. The van der Waals surface area contributed by atoms with Gasteiger partial charge >= 0.3 is 11.9 Å². The van der Waals surface area contributed by atoms with Crippen LogP contribution in [0.2, 0.25) is 0 Å². The van der Waals surface area contributed by atoms with Crippen LogP contribution in [0, 0.1) is 28.1 Å². The summed E-state index contributed by atoms with van der Waals surface area (Å²) in [4.78, 5) is 25.8. The molecule has 6 rings (SSSR count). The zero-order chi connectivity index (χ0) is 21.8. The van der Waals surface area contributed by atoms with Crippen LogP contribution in [0.4, 0.5) is 0 Å². The standard InChI is InChI=1S/C21H26O9/c1-7-14(24)29-13-12(23)19-10-6-9(17(3,4)5)18(19)11(22)8(2)27-16(18)30-21(19,15(25)28-10)20(7,13)26/h7,9-13,16,22-23,26H,2,6H2,1,3-5H3. The van der Waals surface area contributed by atoms with E-state index in [1.807, 2.05) is 20.8 Å². The van der Waals surface area contributed by atoms with E-state index >= 15 is 0 Å². The van der Waals surface area contributed by atoms with E-state index in [2.05, 4.69) is 6.58 Å². The Labute approximate surface area is 172 Å². The number of carbonyl (C=O) groups excluding carboxylic acids is 2. The fourth-order valence-electron chi connectivity index (χ4n) is 8.22. The van der Waals surface area contributed by atoms with E-state index in [0.29, 0.717) is 6.42 Å². The van der Waals surface area contributed by atoms with Gasteiger partial charge in [-0.2, -0.15) is 0 Å². The first-order valence-corrected chi connectivity index (χ1v) is 10.4. The minimum absolute atomic E-state index is 0.0820. The Morgan fingerprint density at radius 1 is 1.13 bits per heavy atom. The Hall–Kier alpha value is -1.68. The average molecular weight is 422 g/mol. The first-order valence-electron chi connectivity index (χ1n) is 10.4. The van der Waals surface area contributed by atoms with Crippen LogP contribution in [0.25, 0.3) is 0 Å². The van der Waals surface area contributed by atoms with Gasteiger partial charge in [-0.05, 0) is 24.7 Å². The van der Waals surface area contributed by atoms with Crippen LogP contribution in [-0.4, -0.2) is 69.2 Å². The number of aliphatic hydroxyl groups excluding tert-OH is 2. The fourth-order valence-corrected chi connectivity index (χ4v) is 8.22. The van der Waals surface area contributed by atoms with E-state index in [0.717, 1.165) is 0 Å². The highest BCUT2D eigenvalue weighted by atomic mass is 16.7. The Morgan fingerprint density at radius 2 is 1.80 bits per heavy atom. The summed E-state index contributed by atoms with van der Waals surface area (Å²) < 4.78 is 23.3. The van der Waals surface area contributed by atoms with Gasteiger partial charge in [0.15, 0.2) is 11.7 Å². The molecule has 0 amide bonds. The highest BCUT2D eigenvalue weighted by Crippen LogP contribution is 2.85. The molecule has 0 aromatic carbocycles. The van der Waals surface area contributed by atoms with Crippen molar-refractivity contribution in [2.24, 2.45) is 28.1 Å². The number of carbonyl (C=O) groups is 2. The van der Waals surface area contributed by atoms with Crippen molar-refractivity contribution >= 4 is 11.9 Å². The molecule has 11 atom stereocenters. The number of rotatable bonds is 0. The van der Waals surface area contributed by atoms with Crippen LogP contribution >= 0.6 is 0 Å². The molecular formula is C21H26O9. The van der Waals surface area contributed by atoms with E-state index in [1.54, 1.807) is 0 Å². The summed E-state index contributed by atoms with van der Waals surface area (Å²) in [6.07, 6.45) is -5.80. The predicted molar refractivity (Wildman–Crippen MR) is 96.1 cm³/mol. The smallest absolute Gasteiger partial charge is 0.343 e. The largest absolute Gasteiger partial charge is 0.466 e. The molecule has 9 nitrogen and oxygen atoms in total. The van der Waals surface area contributed by atoms with Crippen LogP contribution in [0.3, 0.4) is 0 Å². The monoisotopic (exact) mass is 422 g/mol. The fraction of sp³-hybridized carbons (Fsp3) is 0.810. The number of aliphatic hydroxyl groups is 3. The van der Waals surface area contributed by atoms with E-state index in [4.69, 9.17) is 18.9 Å². The molecule has 0 aromatic heterocycles. The van der Waals surface area contributed by atoms with Gasteiger partial charge in [-0.1, -0.05) is 27.4 Å². The SMILES string of the molecule is C=C1OC2OC34C(=O)OC5CC(C(C)(C)C)C2(C1O)C53C(O)C1OC(=O)C(C)C14O. The summed E-state index contributed by atoms with van der Waals surface area (Å²) in [5, 5.41) is 35.1. The Bertz CT molecular complexity index is 924. The molecule has 11 unspecified atom stereocenters. The molecule has 6 aliphatic rings. The number of fused-ring (bicyclic) bond motifs is 1. The molecule has 6 fully saturated rings. The van der Waals surface area contributed by atoms with E-state index in [-0.39, 0.29) is 11.7 Å². The van der Waals surface area contributed by atoms with Gasteiger partial charge in [0.1, 0.15) is 24.1 Å². The van der Waals surface area contributed by atoms with Crippen molar-refractivity contribution < 1.29 is 43.9 Å². The lowest BCUT2D eigenvalue weighted by Gasteiger charge is -2.48. The molecule has 2 aliphatic carbocycles. The topological polar surface area (TPSA) is 132 Å². The Morgan fingerprint density at radius 3 is 2.43 bits per heavy atom. The van der Waals surface area contributed by atoms with Gasteiger partial charge in [0.25, 0.3) is 0 Å². The van der Waals surface area contributed by atoms with Crippen molar-refractivity contribution in [1.29, 1.82) is 0 Å². The Kier molecular flexibility index (Phi) is 3.00. The maximum atomic E-state index is 13.4. The molecule has 0 radical (unpaired) electrons. The van der Waals surface area contributed by atoms with Crippen LogP contribution in [-0.2, 0) is 28.5 Å². The lowest BCUT2D eigenvalue weighted by atomic mass is 9.51. The molecule has 0 aromatic rings. The van der Waals surface area contributed by atoms with E-state index in [9.17, 15) is 24.9 Å². The normalized spacial score (nSPS) is 60.1. The van der Waals surface area contributed by atoms with Crippen molar-refractivity contribution in [2.45, 2.75) is 76.0 Å². The van der Waals surface area contributed by atoms with Crippen molar-refractivity contribution in [2.75, 3.05) is 0 Å². The van der Waals surface area contributed by atoms with Gasteiger partial charge < -0.3 is 34.3 Å². The first-order chi connectivity index (χ1) is 13.8. The summed E-state index contributed by atoms with van der Waals surface area (Å²) >= 11 is 0. The van der Waals surface area contributed by atoms with E-state index < -0.39 is 76.0 Å². The van der Waals surface area contributed by atoms with Gasteiger partial charge in [0.05, 0.1) is 16.7 Å². The maximum absolute atomic E-state index is 13.4. The minimum atomic E-state index is -2.16. The number of esters is 2. The third kappa shape index (κ3) is 1.34. The molecule has 0 bridgehead atoms. The number of hydrogen-bond donors (Lipinski definition) is 3. The molecule has 4 heterocycles. The van der Waals surface area contributed by atoms with Gasteiger partial charge in [-0.25, -0.2) is 4.79 Å². The van der Waals surface area contributed by atoms with Gasteiger partial charge in [0, 0.05) is 0 Å². The second-order valence-corrected chi connectivity index (χ2v) is 10.8. The predicted octanol–water partition coefficient (Wildman–Crippen LogP) is -0.382. The molecule has 4 saturated heterocycles. The second-order valence-electron chi connectivity index (χ2n) is 10.8. The maximum Gasteiger partial charge on any atom is 0.343 e. The lowest BCUT2D eigenvalue weighted by molar-refractivity contribution is -0.237. The van der Waals surface area contributed by atoms with Crippen molar-refractivity contribution in [3.8, 4) is 0 Å². The summed E-state index contributed by atoms with van der Waals surface area (Å²) in [6, 6.07) is 0. The van der Waals surface area contributed by atoms with Gasteiger partial charge in [-0.3, -0.25) is 4.79 Å². The molecule has 3 N–H and O–H groups in total. The van der Waals surface area contributed by atoms with Crippen LogP contribution in [0.15, 0.2) is 12.3 Å². The Balaban J connectivity index is 1.72. The van der Waals surface area contributed by atoms with Crippen molar-refractivity contribution in [3.63, 3.8) is 0 Å². The molecule has 4 aliphatic heterocycles. The first kappa shape index (κ1) is 19.0. The zero-order valence-electron chi connectivity index (χ0n) is 17.2. The second kappa shape index (κ2) is 4.72. The molecule has 164 valence electrons. The highest BCUT2D eigenvalue weighted by Gasteiger charge is 3.03. The summed E-state index contributed by atoms with van der Waals surface area (Å²) in [5.41, 5.74) is -7.55. The minimum Gasteiger partial charge on any atom is -0.466 e. The third-order valence-corrected chi connectivity index (χ3v) is 9.11. The van der Waals surface area contributed by atoms with Crippen molar-refractivity contribution in [3.05, 3.63) is 12.3 Å². The zero-order valence-corrected chi connectivity index (χ0v) is 17.2. The molecular weight excluding hydrogens is 396 g/mol. The summed E-state index contributed by atoms with van der Waals surface area (Å²) in [5.74, 6) is -2.96. The third-order valence-electron chi connectivity index (χ3n) is 9.11. The van der Waals surface area contributed by atoms with Crippen LogP contribution in [0.1, 0.15) is 34.1 Å². The molecule has 2 saturated carbocycles. The highest BCUT2D eigenvalue weighted by molar-refractivity contribution is 5.92. The number of hydrogen-bond acceptors (Lipinski definition) is 9. The van der Waals surface area contributed by atoms with Crippen molar-refractivity contribution in [1.82, 2.24) is 0 Å². The average Bonchev–Trinajstić information content (AvgIpc) is 3.35. The summed E-state index contributed by atoms with van der Waals surface area (Å²) in [6.45, 7) is 11.3. The molecule has 30 heavy (non-hydrogen) atoms.